The standard InChI is InChI=1S/C32H40O10/c1-16-21(35)15-32(39)27(41-28(38)19-10-8-7-9-11-19)25-30(6,22(36)14-20-12-13-31(20,25)42-18(3)34)26(37)24(40-17(2)33)23(16)29(32,4)5/h7-11,20-22,24-25,27,35-36,39H,12-15H2,1-6H3/t20-,21+,22+,24-,25+,27+,30-,31+,32-/m1/s1. The van der Waals surface area contributed by atoms with Gasteiger partial charge in [0.05, 0.1) is 29.1 Å². The van der Waals surface area contributed by atoms with Gasteiger partial charge in [0.25, 0.3) is 0 Å². The molecule has 10 heteroatoms. The Morgan fingerprint density at radius 2 is 1.62 bits per heavy atom. The van der Waals surface area contributed by atoms with E-state index in [1.54, 1.807) is 51.1 Å². The number of hydrogen-bond donors (Lipinski definition) is 3. The van der Waals surface area contributed by atoms with Gasteiger partial charge in [-0.25, -0.2) is 4.79 Å². The number of ketones is 1. The van der Waals surface area contributed by atoms with Crippen LogP contribution in [0.1, 0.15) is 77.6 Å². The number of benzene rings is 1. The molecule has 0 heterocycles. The Morgan fingerprint density at radius 3 is 2.17 bits per heavy atom. The first-order valence-electron chi connectivity index (χ1n) is 14.5. The molecule has 0 saturated heterocycles. The van der Waals surface area contributed by atoms with Gasteiger partial charge in [-0.05, 0) is 56.4 Å². The number of esters is 3. The number of rotatable bonds is 4. The highest BCUT2D eigenvalue weighted by Gasteiger charge is 2.77. The molecule has 10 nitrogen and oxygen atoms in total. The summed E-state index contributed by atoms with van der Waals surface area (Å²) in [5.74, 6) is -4.47. The molecule has 4 aliphatic carbocycles. The summed E-state index contributed by atoms with van der Waals surface area (Å²) in [6.07, 6.45) is -4.96. The summed E-state index contributed by atoms with van der Waals surface area (Å²) >= 11 is 0. The number of Topliss-reactive ketones (excluding diaryl/α,β-unsaturated/α-hetero) is 1. The molecule has 0 amide bonds. The van der Waals surface area contributed by atoms with Crippen molar-refractivity contribution < 1.29 is 48.7 Å². The monoisotopic (exact) mass is 584 g/mol. The van der Waals surface area contributed by atoms with Crippen LogP contribution in [0, 0.1) is 22.7 Å². The fourth-order valence-corrected chi connectivity index (χ4v) is 8.45. The van der Waals surface area contributed by atoms with Crippen LogP contribution in [-0.2, 0) is 28.6 Å². The molecule has 9 atom stereocenters. The largest absolute Gasteiger partial charge is 0.458 e. The lowest BCUT2D eigenvalue weighted by Crippen LogP contribution is -2.78. The summed E-state index contributed by atoms with van der Waals surface area (Å²) in [7, 11) is 0. The Kier molecular flexibility index (Phi) is 7.23. The molecule has 3 saturated carbocycles. The minimum Gasteiger partial charge on any atom is -0.458 e. The number of aliphatic hydroxyl groups excluding tert-OH is 2. The van der Waals surface area contributed by atoms with Crippen molar-refractivity contribution in [1.82, 2.24) is 0 Å². The van der Waals surface area contributed by atoms with E-state index in [9.17, 15) is 34.5 Å². The van der Waals surface area contributed by atoms with Gasteiger partial charge < -0.3 is 29.5 Å². The van der Waals surface area contributed by atoms with Crippen LogP contribution in [0.4, 0.5) is 0 Å². The van der Waals surface area contributed by atoms with Gasteiger partial charge >= 0.3 is 17.9 Å². The molecule has 1 aromatic carbocycles. The van der Waals surface area contributed by atoms with Gasteiger partial charge in [-0.15, -0.1) is 0 Å². The fourth-order valence-electron chi connectivity index (χ4n) is 8.45. The number of carbonyl (C=O) groups excluding carboxylic acids is 4. The summed E-state index contributed by atoms with van der Waals surface area (Å²) in [6.45, 7) is 8.83. The third-order valence-corrected chi connectivity index (χ3v) is 10.8. The highest BCUT2D eigenvalue weighted by Crippen LogP contribution is 2.67. The van der Waals surface area contributed by atoms with Gasteiger partial charge in [-0.2, -0.15) is 0 Å². The highest BCUT2D eigenvalue weighted by molar-refractivity contribution is 5.95. The first-order valence-corrected chi connectivity index (χ1v) is 14.5. The summed E-state index contributed by atoms with van der Waals surface area (Å²) in [4.78, 5) is 53.6. The van der Waals surface area contributed by atoms with Crippen molar-refractivity contribution in [2.45, 2.75) is 103 Å². The molecule has 0 spiro atoms. The Morgan fingerprint density at radius 1 is 0.976 bits per heavy atom. The van der Waals surface area contributed by atoms with E-state index >= 15 is 0 Å². The number of fused-ring (bicyclic) bond motifs is 5. The van der Waals surface area contributed by atoms with Crippen molar-refractivity contribution >= 4 is 23.7 Å². The SMILES string of the molecule is CC(=O)O[C@H]1C(=O)[C@@]2(C)[C@H]([C@H](OC(=O)c3ccccc3)[C@]3(O)C[C@H](O)C(C)=C1C3(C)C)[C@]1(OC(C)=O)CC[C@@H]1C[C@@H]2O. The Hall–Kier alpha value is -3.08. The predicted molar refractivity (Wildman–Crippen MR) is 148 cm³/mol. The van der Waals surface area contributed by atoms with E-state index < -0.39 is 76.1 Å². The molecular formula is C32H40O10. The van der Waals surface area contributed by atoms with E-state index in [0.29, 0.717) is 18.4 Å². The lowest BCUT2D eigenvalue weighted by atomic mass is 9.41. The predicted octanol–water partition coefficient (Wildman–Crippen LogP) is 2.66. The first kappa shape index (κ1) is 30.4. The molecule has 0 unspecified atom stereocenters. The second kappa shape index (κ2) is 9.99. The molecule has 2 bridgehead atoms. The van der Waals surface area contributed by atoms with Crippen molar-refractivity contribution in [3.05, 3.63) is 47.0 Å². The van der Waals surface area contributed by atoms with Crippen LogP contribution in [0.15, 0.2) is 41.5 Å². The molecule has 5 rings (SSSR count). The molecule has 228 valence electrons. The quantitative estimate of drug-likeness (QED) is 0.273. The molecule has 0 aromatic heterocycles. The second-order valence-corrected chi connectivity index (χ2v) is 13.2. The van der Waals surface area contributed by atoms with Crippen molar-refractivity contribution in [2.75, 3.05) is 0 Å². The van der Waals surface area contributed by atoms with Crippen molar-refractivity contribution in [3.63, 3.8) is 0 Å². The fraction of sp³-hybridized carbons (Fsp3) is 0.625. The zero-order valence-electron chi connectivity index (χ0n) is 24.9. The van der Waals surface area contributed by atoms with E-state index in [0.717, 1.165) is 6.92 Å². The van der Waals surface area contributed by atoms with Crippen LogP contribution in [-0.4, -0.2) is 74.6 Å². The zero-order chi connectivity index (χ0) is 31.0. The van der Waals surface area contributed by atoms with Crippen LogP contribution < -0.4 is 0 Å². The molecule has 3 N–H and O–H groups in total. The van der Waals surface area contributed by atoms with Crippen LogP contribution in [0.5, 0.6) is 0 Å². The maximum atomic E-state index is 14.8. The molecule has 4 aliphatic rings. The lowest BCUT2D eigenvalue weighted by Gasteiger charge is -2.68. The Balaban J connectivity index is 1.84. The van der Waals surface area contributed by atoms with E-state index in [-0.39, 0.29) is 29.9 Å². The molecule has 42 heavy (non-hydrogen) atoms. The summed E-state index contributed by atoms with van der Waals surface area (Å²) in [6, 6.07) is 8.16. The third-order valence-electron chi connectivity index (χ3n) is 10.8. The van der Waals surface area contributed by atoms with Crippen LogP contribution >= 0.6 is 0 Å². The maximum absolute atomic E-state index is 14.8. The molecule has 0 radical (unpaired) electrons. The molecular weight excluding hydrogens is 544 g/mol. The van der Waals surface area contributed by atoms with Crippen molar-refractivity contribution in [2.24, 2.45) is 22.7 Å². The van der Waals surface area contributed by atoms with E-state index in [4.69, 9.17) is 14.2 Å². The number of hydrogen-bond acceptors (Lipinski definition) is 10. The lowest BCUT2D eigenvalue weighted by molar-refractivity contribution is -0.296. The Bertz CT molecular complexity index is 1350. The minimum atomic E-state index is -2.05. The average Bonchev–Trinajstić information content (AvgIpc) is 2.90. The highest BCUT2D eigenvalue weighted by atomic mass is 16.6. The van der Waals surface area contributed by atoms with Gasteiger partial charge in [-0.3, -0.25) is 14.4 Å². The van der Waals surface area contributed by atoms with Gasteiger partial charge in [0, 0.05) is 31.6 Å². The smallest absolute Gasteiger partial charge is 0.338 e. The number of carbonyl (C=O) groups is 4. The first-order chi connectivity index (χ1) is 19.5. The van der Waals surface area contributed by atoms with E-state index in [2.05, 4.69) is 0 Å². The van der Waals surface area contributed by atoms with Crippen molar-refractivity contribution in [1.29, 1.82) is 0 Å². The van der Waals surface area contributed by atoms with Gasteiger partial charge in [0.15, 0.2) is 11.9 Å². The Labute approximate surface area is 245 Å². The van der Waals surface area contributed by atoms with Crippen LogP contribution in [0.2, 0.25) is 0 Å². The van der Waals surface area contributed by atoms with Gasteiger partial charge in [0.1, 0.15) is 17.3 Å². The van der Waals surface area contributed by atoms with Crippen LogP contribution in [0.3, 0.4) is 0 Å². The minimum absolute atomic E-state index is 0.112. The zero-order valence-corrected chi connectivity index (χ0v) is 24.9. The third kappa shape index (κ3) is 4.09. The van der Waals surface area contributed by atoms with Crippen LogP contribution in [0.25, 0.3) is 0 Å². The number of aliphatic hydroxyl groups is 3. The molecule has 0 aliphatic heterocycles. The van der Waals surface area contributed by atoms with E-state index in [1.165, 1.54) is 13.8 Å². The summed E-state index contributed by atoms with van der Waals surface area (Å²) in [5.41, 5.74) is -5.89. The van der Waals surface area contributed by atoms with Gasteiger partial charge in [0.2, 0.25) is 0 Å². The normalized spacial score (nSPS) is 40.4. The topological polar surface area (TPSA) is 157 Å². The number of ether oxygens (including phenoxy) is 3. The molecule has 1 aromatic rings. The van der Waals surface area contributed by atoms with Gasteiger partial charge in [-0.1, -0.05) is 32.0 Å². The summed E-state index contributed by atoms with van der Waals surface area (Å²) in [5, 5.41) is 35.9. The summed E-state index contributed by atoms with van der Waals surface area (Å²) < 4.78 is 18.0. The maximum Gasteiger partial charge on any atom is 0.338 e. The molecule has 3 fully saturated rings. The van der Waals surface area contributed by atoms with Crippen molar-refractivity contribution in [3.8, 4) is 0 Å². The second-order valence-electron chi connectivity index (χ2n) is 13.2. The van der Waals surface area contributed by atoms with E-state index in [1.807, 2.05) is 0 Å². The average molecular weight is 585 g/mol.